The quantitative estimate of drug-likeness (QED) is 0.412. The van der Waals surface area contributed by atoms with Crippen molar-refractivity contribution in [3.63, 3.8) is 0 Å². The van der Waals surface area contributed by atoms with Crippen molar-refractivity contribution in [3.05, 3.63) is 0 Å². The summed E-state index contributed by atoms with van der Waals surface area (Å²) < 4.78 is 4.43. The first kappa shape index (κ1) is 7.14. The summed E-state index contributed by atoms with van der Waals surface area (Å²) in [7, 11) is 0. The van der Waals surface area contributed by atoms with Gasteiger partial charge in [0.15, 0.2) is 12.3 Å². The van der Waals surface area contributed by atoms with Crippen molar-refractivity contribution in [2.45, 2.75) is 13.8 Å². The van der Waals surface area contributed by atoms with Gasteiger partial charge in [0.25, 0.3) is 0 Å². The second kappa shape index (κ2) is 3.18. The third-order valence-corrected chi connectivity index (χ3v) is 0.710. The molecule has 0 rings (SSSR count). The summed E-state index contributed by atoms with van der Waals surface area (Å²) >= 11 is 0. The molecule has 3 heteroatoms. The number of ether oxygens (including phenoxy) is 1. The topological polar surface area (TPSA) is 56.9 Å². The number of nitrogens with one attached hydrogen (secondary N) is 2. The molecule has 0 aromatic carbocycles. The van der Waals surface area contributed by atoms with Crippen molar-refractivity contribution in [1.82, 2.24) is 0 Å². The van der Waals surface area contributed by atoms with Crippen molar-refractivity contribution in [2.75, 3.05) is 0 Å². The molecule has 0 aromatic rings. The van der Waals surface area contributed by atoms with Crippen LogP contribution in [0.15, 0.2) is 0 Å². The third-order valence-electron chi connectivity index (χ3n) is 0.710. The van der Waals surface area contributed by atoms with Crippen molar-refractivity contribution < 1.29 is 4.74 Å². The van der Waals surface area contributed by atoms with Crippen LogP contribution in [0.5, 0.6) is 0 Å². The fourth-order valence-electron chi connectivity index (χ4n) is 0.200. The average Bonchev–Trinajstić information content (AvgIpc) is 1.67. The summed E-state index contributed by atoms with van der Waals surface area (Å²) in [5.74, 6) is 0.219. The highest BCUT2D eigenvalue weighted by molar-refractivity contribution is 5.80. The Hall–Kier alpha value is -0.860. The van der Waals surface area contributed by atoms with E-state index in [1.807, 2.05) is 13.8 Å². The molecule has 2 N–H and O–H groups in total. The molecule has 0 atom stereocenters. The Morgan fingerprint density at radius 3 is 2.25 bits per heavy atom. The molecule has 3 nitrogen and oxygen atoms in total. The highest BCUT2D eigenvalue weighted by Crippen LogP contribution is 1.93. The fraction of sp³-hybridized carbons (Fsp3) is 0.600. The molecule has 0 saturated carbocycles. The second-order valence-corrected chi connectivity index (χ2v) is 1.75. The molecule has 0 heterocycles. The third kappa shape index (κ3) is 2.34. The second-order valence-electron chi connectivity index (χ2n) is 1.75. The smallest absolute Gasteiger partial charge is 0.191 e. The first-order valence-corrected chi connectivity index (χ1v) is 2.42. The maximum absolute atomic E-state index is 6.97. The Morgan fingerprint density at radius 2 is 2.12 bits per heavy atom. The Balaban J connectivity index is 3.48. The molecule has 0 radical (unpaired) electrons. The zero-order chi connectivity index (χ0) is 6.57. The van der Waals surface area contributed by atoms with Gasteiger partial charge in [-0.05, 0) is 0 Å². The standard InChI is InChI=1S/C5H10N2O/c1-4(2)5(7)8-3-6/h3-4,6-7H,1-2H3. The van der Waals surface area contributed by atoms with E-state index in [1.54, 1.807) is 0 Å². The number of hydrogen-bond acceptors (Lipinski definition) is 3. The van der Waals surface area contributed by atoms with E-state index in [1.165, 1.54) is 0 Å². The summed E-state index contributed by atoms with van der Waals surface area (Å²) in [5.41, 5.74) is 0. The fourth-order valence-corrected chi connectivity index (χ4v) is 0.200. The van der Waals surface area contributed by atoms with Gasteiger partial charge in [-0.25, -0.2) is 0 Å². The summed E-state index contributed by atoms with van der Waals surface area (Å²) in [6, 6.07) is 0. The van der Waals surface area contributed by atoms with Crippen LogP contribution >= 0.6 is 0 Å². The molecular weight excluding hydrogens is 104 g/mol. The Kier molecular flexibility index (Phi) is 2.84. The molecule has 0 aliphatic carbocycles. The van der Waals surface area contributed by atoms with Gasteiger partial charge in [-0.1, -0.05) is 13.8 Å². The van der Waals surface area contributed by atoms with Crippen LogP contribution in [0.3, 0.4) is 0 Å². The highest BCUT2D eigenvalue weighted by atomic mass is 16.5. The van der Waals surface area contributed by atoms with Gasteiger partial charge in [0.2, 0.25) is 0 Å². The molecule has 46 valence electrons. The summed E-state index contributed by atoms with van der Waals surface area (Å²) in [5, 5.41) is 13.4. The van der Waals surface area contributed by atoms with Crippen LogP contribution < -0.4 is 0 Å². The molecule has 0 aliphatic rings. The maximum Gasteiger partial charge on any atom is 0.191 e. The number of hydrogen-bond donors (Lipinski definition) is 2. The molecule has 0 aliphatic heterocycles. The predicted molar refractivity (Wildman–Crippen MR) is 32.4 cm³/mol. The molecule has 0 amide bonds. The van der Waals surface area contributed by atoms with Gasteiger partial charge in [-0.2, -0.15) is 0 Å². The van der Waals surface area contributed by atoms with E-state index in [2.05, 4.69) is 4.74 Å². The van der Waals surface area contributed by atoms with Crippen LogP contribution in [-0.4, -0.2) is 12.3 Å². The molecule has 0 fully saturated rings. The maximum atomic E-state index is 6.97. The SMILES string of the molecule is CC(C)C(=N)OC=N. The van der Waals surface area contributed by atoms with E-state index < -0.39 is 0 Å². The lowest BCUT2D eigenvalue weighted by Crippen LogP contribution is -2.08. The van der Waals surface area contributed by atoms with Gasteiger partial charge in [0, 0.05) is 5.92 Å². The average molecular weight is 114 g/mol. The van der Waals surface area contributed by atoms with Crippen LogP contribution in [-0.2, 0) is 4.74 Å². The molecule has 8 heavy (non-hydrogen) atoms. The Morgan fingerprint density at radius 1 is 1.62 bits per heavy atom. The number of rotatable bonds is 2. The lowest BCUT2D eigenvalue weighted by atomic mass is 10.2. The van der Waals surface area contributed by atoms with Crippen molar-refractivity contribution in [1.29, 1.82) is 10.8 Å². The summed E-state index contributed by atoms with van der Waals surface area (Å²) in [6.07, 6.45) is 0.766. The van der Waals surface area contributed by atoms with Gasteiger partial charge in [0.1, 0.15) is 0 Å². The lowest BCUT2D eigenvalue weighted by molar-refractivity contribution is 0.510. The van der Waals surface area contributed by atoms with Gasteiger partial charge >= 0.3 is 0 Å². The van der Waals surface area contributed by atoms with Crippen LogP contribution in [0, 0.1) is 16.7 Å². The molecule has 0 aromatic heterocycles. The van der Waals surface area contributed by atoms with Crippen LogP contribution in [0.2, 0.25) is 0 Å². The monoisotopic (exact) mass is 114 g/mol. The van der Waals surface area contributed by atoms with E-state index >= 15 is 0 Å². The molecule has 0 spiro atoms. The van der Waals surface area contributed by atoms with E-state index in [9.17, 15) is 0 Å². The minimum atomic E-state index is 0.0802. The molecule has 0 saturated heterocycles. The zero-order valence-corrected chi connectivity index (χ0v) is 5.06. The van der Waals surface area contributed by atoms with E-state index in [0.29, 0.717) is 0 Å². The van der Waals surface area contributed by atoms with Gasteiger partial charge in [-0.15, -0.1) is 0 Å². The first-order chi connectivity index (χ1) is 3.68. The lowest BCUT2D eigenvalue weighted by Gasteiger charge is -2.01. The molecule has 0 unspecified atom stereocenters. The van der Waals surface area contributed by atoms with Gasteiger partial charge < -0.3 is 4.74 Å². The van der Waals surface area contributed by atoms with Crippen LogP contribution in [0.4, 0.5) is 0 Å². The van der Waals surface area contributed by atoms with Crippen molar-refractivity contribution in [3.8, 4) is 0 Å². The largest absolute Gasteiger partial charge is 0.432 e. The summed E-state index contributed by atoms with van der Waals surface area (Å²) in [4.78, 5) is 0. The predicted octanol–water partition coefficient (Wildman–Crippen LogP) is 1.24. The highest BCUT2D eigenvalue weighted by Gasteiger charge is 1.99. The minimum absolute atomic E-state index is 0.0802. The van der Waals surface area contributed by atoms with Crippen molar-refractivity contribution >= 4 is 12.3 Å². The Labute approximate surface area is 48.7 Å². The first-order valence-electron chi connectivity index (χ1n) is 2.42. The summed E-state index contributed by atoms with van der Waals surface area (Å²) in [6.45, 7) is 3.68. The minimum Gasteiger partial charge on any atom is -0.432 e. The zero-order valence-electron chi connectivity index (χ0n) is 5.06. The van der Waals surface area contributed by atoms with Gasteiger partial charge in [-0.3, -0.25) is 10.8 Å². The van der Waals surface area contributed by atoms with E-state index in [-0.39, 0.29) is 11.8 Å². The normalized spacial score (nSPS) is 8.88. The van der Waals surface area contributed by atoms with Crippen LogP contribution in [0.25, 0.3) is 0 Å². The van der Waals surface area contributed by atoms with Crippen molar-refractivity contribution in [2.24, 2.45) is 5.92 Å². The molecule has 0 bridgehead atoms. The molecular formula is C5H10N2O. The van der Waals surface area contributed by atoms with E-state index in [4.69, 9.17) is 10.8 Å². The van der Waals surface area contributed by atoms with E-state index in [0.717, 1.165) is 6.40 Å². The van der Waals surface area contributed by atoms with Crippen LogP contribution in [0.1, 0.15) is 13.8 Å². The van der Waals surface area contributed by atoms with Gasteiger partial charge in [0.05, 0.1) is 0 Å². The Bertz CT molecular complexity index is 98.6.